The average molecular weight is 330 g/mol. The molecule has 2 aromatic rings. The first kappa shape index (κ1) is 17.4. The molecule has 0 aliphatic carbocycles. The summed E-state index contributed by atoms with van der Waals surface area (Å²) in [5, 5.41) is 2.82. The van der Waals surface area contributed by atoms with Gasteiger partial charge in [-0.1, -0.05) is 17.7 Å². The van der Waals surface area contributed by atoms with Crippen molar-refractivity contribution in [2.45, 2.75) is 19.4 Å². The van der Waals surface area contributed by atoms with Gasteiger partial charge in [0.05, 0.1) is 6.04 Å². The predicted octanol–water partition coefficient (Wildman–Crippen LogP) is 3.81. The summed E-state index contributed by atoms with van der Waals surface area (Å²) in [6.45, 7) is 2.03. The first-order chi connectivity index (χ1) is 11.1. The maximum atomic E-state index is 11.9. The zero-order valence-corrected chi connectivity index (χ0v) is 14.2. The van der Waals surface area contributed by atoms with Crippen LogP contribution in [0.15, 0.2) is 48.5 Å². The SMILES string of the molecule is CSCC[C@H](N)C(=O)Nc1ccc(Oc2ccc(C)cc2)cc1. The highest BCUT2D eigenvalue weighted by molar-refractivity contribution is 7.98. The van der Waals surface area contributed by atoms with Gasteiger partial charge in [0.1, 0.15) is 11.5 Å². The lowest BCUT2D eigenvalue weighted by Gasteiger charge is -2.12. The highest BCUT2D eigenvalue weighted by Crippen LogP contribution is 2.23. The fourth-order valence-corrected chi connectivity index (χ4v) is 2.45. The van der Waals surface area contributed by atoms with E-state index in [-0.39, 0.29) is 5.91 Å². The minimum atomic E-state index is -0.481. The van der Waals surface area contributed by atoms with Crippen molar-refractivity contribution in [2.24, 2.45) is 5.73 Å². The molecule has 2 rings (SSSR count). The Bertz CT molecular complexity index is 626. The van der Waals surface area contributed by atoms with Crippen LogP contribution in [0.4, 0.5) is 5.69 Å². The molecule has 2 aromatic carbocycles. The van der Waals surface area contributed by atoms with Crippen LogP contribution in [-0.2, 0) is 4.79 Å². The molecular formula is C18H22N2O2S. The maximum Gasteiger partial charge on any atom is 0.241 e. The number of anilines is 1. The summed E-state index contributed by atoms with van der Waals surface area (Å²) in [6.07, 6.45) is 2.67. The Kier molecular flexibility index (Phi) is 6.50. The van der Waals surface area contributed by atoms with Crippen molar-refractivity contribution in [2.75, 3.05) is 17.3 Å². The minimum absolute atomic E-state index is 0.161. The third kappa shape index (κ3) is 5.62. The van der Waals surface area contributed by atoms with Gasteiger partial charge < -0.3 is 15.8 Å². The molecule has 1 atom stereocenters. The molecule has 5 heteroatoms. The van der Waals surface area contributed by atoms with E-state index in [1.54, 1.807) is 11.8 Å². The Morgan fingerprint density at radius 2 is 1.70 bits per heavy atom. The second-order valence-electron chi connectivity index (χ2n) is 5.32. The number of ether oxygens (including phenoxy) is 1. The number of rotatable bonds is 7. The number of amides is 1. The summed E-state index contributed by atoms with van der Waals surface area (Å²) >= 11 is 1.68. The zero-order valence-electron chi connectivity index (χ0n) is 13.4. The Balaban J connectivity index is 1.91. The van der Waals surface area contributed by atoms with Crippen LogP contribution in [0.5, 0.6) is 11.5 Å². The van der Waals surface area contributed by atoms with Gasteiger partial charge in [0.25, 0.3) is 0 Å². The maximum absolute atomic E-state index is 11.9. The third-order valence-electron chi connectivity index (χ3n) is 3.35. The zero-order chi connectivity index (χ0) is 16.7. The van der Waals surface area contributed by atoms with Crippen LogP contribution in [-0.4, -0.2) is 24.0 Å². The van der Waals surface area contributed by atoms with E-state index in [1.807, 2.05) is 61.7 Å². The third-order valence-corrected chi connectivity index (χ3v) is 3.99. The number of aryl methyl sites for hydroxylation is 1. The number of nitrogens with one attached hydrogen (secondary N) is 1. The van der Waals surface area contributed by atoms with Crippen LogP contribution in [0, 0.1) is 6.92 Å². The van der Waals surface area contributed by atoms with Crippen molar-refractivity contribution in [3.8, 4) is 11.5 Å². The van der Waals surface area contributed by atoms with Crippen molar-refractivity contribution in [1.82, 2.24) is 0 Å². The molecule has 0 aliphatic rings. The Labute approximate surface area is 141 Å². The van der Waals surface area contributed by atoms with Crippen LogP contribution in [0.3, 0.4) is 0 Å². The number of nitrogens with two attached hydrogens (primary N) is 1. The van der Waals surface area contributed by atoms with Gasteiger partial charge in [0, 0.05) is 5.69 Å². The lowest BCUT2D eigenvalue weighted by molar-refractivity contribution is -0.117. The Morgan fingerprint density at radius 1 is 1.13 bits per heavy atom. The molecule has 0 radical (unpaired) electrons. The van der Waals surface area contributed by atoms with E-state index in [1.165, 1.54) is 5.56 Å². The summed E-state index contributed by atoms with van der Waals surface area (Å²) in [5.74, 6) is 2.22. The topological polar surface area (TPSA) is 64.4 Å². The van der Waals surface area contributed by atoms with Crippen LogP contribution in [0.2, 0.25) is 0 Å². The molecule has 0 bridgehead atoms. The normalized spacial score (nSPS) is 11.8. The van der Waals surface area contributed by atoms with Crippen molar-refractivity contribution in [3.05, 3.63) is 54.1 Å². The number of hydrogen-bond donors (Lipinski definition) is 2. The van der Waals surface area contributed by atoms with E-state index in [4.69, 9.17) is 10.5 Å². The van der Waals surface area contributed by atoms with Crippen molar-refractivity contribution < 1.29 is 9.53 Å². The fourth-order valence-electron chi connectivity index (χ4n) is 1.96. The molecule has 0 aromatic heterocycles. The van der Waals surface area contributed by atoms with Crippen molar-refractivity contribution in [1.29, 1.82) is 0 Å². The molecule has 0 spiro atoms. The number of thioether (sulfide) groups is 1. The molecule has 1 amide bonds. The summed E-state index contributed by atoms with van der Waals surface area (Å²) in [4.78, 5) is 11.9. The molecular weight excluding hydrogens is 308 g/mol. The molecule has 0 aliphatic heterocycles. The van der Waals surface area contributed by atoms with Gasteiger partial charge >= 0.3 is 0 Å². The van der Waals surface area contributed by atoms with Gasteiger partial charge in [-0.05, 0) is 61.8 Å². The molecule has 122 valence electrons. The number of benzene rings is 2. The molecule has 3 N–H and O–H groups in total. The second kappa shape index (κ2) is 8.60. The van der Waals surface area contributed by atoms with E-state index in [0.717, 1.165) is 17.3 Å². The van der Waals surface area contributed by atoms with E-state index < -0.39 is 6.04 Å². The van der Waals surface area contributed by atoms with Crippen LogP contribution in [0.25, 0.3) is 0 Å². The molecule has 0 saturated carbocycles. The van der Waals surface area contributed by atoms with Gasteiger partial charge in [0.15, 0.2) is 0 Å². The van der Waals surface area contributed by atoms with Crippen LogP contribution >= 0.6 is 11.8 Å². The lowest BCUT2D eigenvalue weighted by Crippen LogP contribution is -2.36. The van der Waals surface area contributed by atoms with E-state index in [0.29, 0.717) is 12.1 Å². The van der Waals surface area contributed by atoms with Gasteiger partial charge in [-0.2, -0.15) is 11.8 Å². The highest BCUT2D eigenvalue weighted by atomic mass is 32.2. The van der Waals surface area contributed by atoms with Crippen LogP contribution < -0.4 is 15.8 Å². The molecule has 23 heavy (non-hydrogen) atoms. The fraction of sp³-hybridized carbons (Fsp3) is 0.278. The second-order valence-corrected chi connectivity index (χ2v) is 6.30. The van der Waals surface area contributed by atoms with Gasteiger partial charge in [-0.25, -0.2) is 0 Å². The molecule has 4 nitrogen and oxygen atoms in total. The lowest BCUT2D eigenvalue weighted by atomic mass is 10.2. The molecule has 0 unspecified atom stereocenters. The minimum Gasteiger partial charge on any atom is -0.457 e. The van der Waals surface area contributed by atoms with Crippen molar-refractivity contribution >= 4 is 23.4 Å². The van der Waals surface area contributed by atoms with E-state index in [9.17, 15) is 4.79 Å². The summed E-state index contributed by atoms with van der Waals surface area (Å²) in [5.41, 5.74) is 7.75. The Hall–Kier alpha value is -1.98. The monoisotopic (exact) mass is 330 g/mol. The summed E-state index contributed by atoms with van der Waals surface area (Å²) < 4.78 is 5.75. The quantitative estimate of drug-likeness (QED) is 0.810. The Morgan fingerprint density at radius 3 is 2.26 bits per heavy atom. The van der Waals surface area contributed by atoms with Crippen molar-refractivity contribution in [3.63, 3.8) is 0 Å². The first-order valence-corrected chi connectivity index (χ1v) is 8.88. The van der Waals surface area contributed by atoms with Crippen LogP contribution in [0.1, 0.15) is 12.0 Å². The van der Waals surface area contributed by atoms with E-state index >= 15 is 0 Å². The number of hydrogen-bond acceptors (Lipinski definition) is 4. The molecule has 0 heterocycles. The molecule has 0 fully saturated rings. The van der Waals surface area contributed by atoms with Gasteiger partial charge in [-0.3, -0.25) is 4.79 Å². The molecule has 0 saturated heterocycles. The number of carbonyl (C=O) groups is 1. The highest BCUT2D eigenvalue weighted by Gasteiger charge is 2.12. The van der Waals surface area contributed by atoms with Gasteiger partial charge in [-0.15, -0.1) is 0 Å². The summed E-state index contributed by atoms with van der Waals surface area (Å²) in [7, 11) is 0. The smallest absolute Gasteiger partial charge is 0.241 e. The van der Waals surface area contributed by atoms with Gasteiger partial charge in [0.2, 0.25) is 5.91 Å². The average Bonchev–Trinajstić information content (AvgIpc) is 2.56. The van der Waals surface area contributed by atoms with E-state index in [2.05, 4.69) is 5.32 Å². The number of carbonyl (C=O) groups excluding carboxylic acids is 1. The largest absolute Gasteiger partial charge is 0.457 e. The summed E-state index contributed by atoms with van der Waals surface area (Å²) in [6, 6.07) is 14.6. The standard InChI is InChI=1S/C18H22N2O2S/c1-13-3-7-15(8-4-13)22-16-9-5-14(6-10-16)20-18(21)17(19)11-12-23-2/h3-10,17H,11-12,19H2,1-2H3,(H,20,21)/t17-/m0/s1. The predicted molar refractivity (Wildman–Crippen MR) is 97.3 cm³/mol. The first-order valence-electron chi connectivity index (χ1n) is 7.48.